The SMILES string of the molecule is Cc1noc2ncc(C(=O)NC3CCCCCC3O)cc12. The molecule has 112 valence electrons. The molecule has 2 N–H and O–H groups in total. The van der Waals surface area contributed by atoms with E-state index in [2.05, 4.69) is 15.5 Å². The van der Waals surface area contributed by atoms with Crippen molar-refractivity contribution in [3.8, 4) is 0 Å². The van der Waals surface area contributed by atoms with E-state index in [1.807, 2.05) is 6.92 Å². The summed E-state index contributed by atoms with van der Waals surface area (Å²) in [5.74, 6) is -0.212. The molecule has 1 amide bonds. The summed E-state index contributed by atoms with van der Waals surface area (Å²) in [6.07, 6.45) is 5.72. The normalized spacial score (nSPS) is 23.0. The highest BCUT2D eigenvalue weighted by Gasteiger charge is 2.24. The van der Waals surface area contributed by atoms with Gasteiger partial charge in [0, 0.05) is 6.20 Å². The molecule has 2 aromatic rings. The number of carbonyl (C=O) groups excluding carboxylic acids is 1. The second-order valence-corrected chi connectivity index (χ2v) is 5.63. The van der Waals surface area contributed by atoms with Crippen LogP contribution in [0, 0.1) is 6.92 Å². The Labute approximate surface area is 122 Å². The monoisotopic (exact) mass is 289 g/mol. The molecule has 1 fully saturated rings. The number of nitrogens with zero attached hydrogens (tertiary/aromatic N) is 2. The van der Waals surface area contributed by atoms with Crippen molar-refractivity contribution < 1.29 is 14.4 Å². The van der Waals surface area contributed by atoms with Crippen LogP contribution in [0.3, 0.4) is 0 Å². The summed E-state index contributed by atoms with van der Waals surface area (Å²) in [6.45, 7) is 1.81. The van der Waals surface area contributed by atoms with Crippen LogP contribution in [0.2, 0.25) is 0 Å². The zero-order valence-electron chi connectivity index (χ0n) is 12.0. The Kier molecular flexibility index (Phi) is 3.88. The molecule has 1 saturated carbocycles. The Bertz CT molecular complexity index is 653. The van der Waals surface area contributed by atoms with Crippen LogP contribution in [0.4, 0.5) is 0 Å². The summed E-state index contributed by atoms with van der Waals surface area (Å²) >= 11 is 0. The van der Waals surface area contributed by atoms with Crippen molar-refractivity contribution in [2.45, 2.75) is 51.2 Å². The third-order valence-electron chi connectivity index (χ3n) is 4.07. The molecule has 0 aliphatic heterocycles. The lowest BCUT2D eigenvalue weighted by Gasteiger charge is -2.21. The Morgan fingerprint density at radius 2 is 2.19 bits per heavy atom. The van der Waals surface area contributed by atoms with Crippen LogP contribution in [0.15, 0.2) is 16.8 Å². The van der Waals surface area contributed by atoms with Crippen molar-refractivity contribution in [2.75, 3.05) is 0 Å². The smallest absolute Gasteiger partial charge is 0.257 e. The average molecular weight is 289 g/mol. The Morgan fingerprint density at radius 3 is 3.05 bits per heavy atom. The first-order valence-electron chi connectivity index (χ1n) is 7.36. The number of rotatable bonds is 2. The molecule has 2 unspecified atom stereocenters. The predicted octanol–water partition coefficient (Wildman–Crippen LogP) is 1.95. The number of fused-ring (bicyclic) bond motifs is 1. The zero-order valence-corrected chi connectivity index (χ0v) is 12.0. The fourth-order valence-electron chi connectivity index (χ4n) is 2.78. The molecule has 0 bridgehead atoms. The first-order valence-corrected chi connectivity index (χ1v) is 7.36. The summed E-state index contributed by atoms with van der Waals surface area (Å²) in [6, 6.07) is 1.55. The average Bonchev–Trinajstić information content (AvgIpc) is 2.73. The number of carbonyl (C=O) groups is 1. The van der Waals surface area contributed by atoms with Crippen molar-refractivity contribution in [3.63, 3.8) is 0 Å². The first-order chi connectivity index (χ1) is 10.1. The quantitative estimate of drug-likeness (QED) is 0.825. The van der Waals surface area contributed by atoms with E-state index in [-0.39, 0.29) is 11.9 Å². The van der Waals surface area contributed by atoms with Gasteiger partial charge in [0.2, 0.25) is 0 Å². The molecule has 2 atom stereocenters. The number of pyridine rings is 1. The van der Waals surface area contributed by atoms with Gasteiger partial charge in [-0.05, 0) is 25.8 Å². The molecule has 6 heteroatoms. The number of hydrogen-bond acceptors (Lipinski definition) is 5. The Morgan fingerprint density at radius 1 is 1.38 bits per heavy atom. The summed E-state index contributed by atoms with van der Waals surface area (Å²) in [4.78, 5) is 16.4. The van der Waals surface area contributed by atoms with Gasteiger partial charge in [0.25, 0.3) is 11.6 Å². The highest BCUT2D eigenvalue weighted by atomic mass is 16.5. The van der Waals surface area contributed by atoms with E-state index in [9.17, 15) is 9.90 Å². The largest absolute Gasteiger partial charge is 0.391 e. The van der Waals surface area contributed by atoms with E-state index in [0.29, 0.717) is 17.0 Å². The van der Waals surface area contributed by atoms with E-state index in [4.69, 9.17) is 4.52 Å². The number of hydrogen-bond donors (Lipinski definition) is 2. The number of amides is 1. The maximum atomic E-state index is 12.3. The number of aromatic nitrogens is 2. The van der Waals surface area contributed by atoms with Gasteiger partial charge in [-0.3, -0.25) is 4.79 Å². The van der Waals surface area contributed by atoms with E-state index in [1.54, 1.807) is 6.07 Å². The molecular weight excluding hydrogens is 270 g/mol. The molecule has 3 rings (SSSR count). The van der Waals surface area contributed by atoms with Gasteiger partial charge >= 0.3 is 0 Å². The number of nitrogens with one attached hydrogen (secondary N) is 1. The molecular formula is C15H19N3O3. The first kappa shape index (κ1) is 14.0. The molecule has 2 heterocycles. The standard InChI is InChI=1S/C15H19N3O3/c1-9-11-7-10(8-16-15(11)21-18-9)14(20)17-12-5-3-2-4-6-13(12)19/h7-8,12-13,19H,2-6H2,1H3,(H,17,20). The van der Waals surface area contributed by atoms with Crippen molar-refractivity contribution in [2.24, 2.45) is 0 Å². The lowest BCUT2D eigenvalue weighted by molar-refractivity contribution is 0.0818. The number of aliphatic hydroxyl groups is 1. The van der Waals surface area contributed by atoms with Crippen LogP contribution in [0.1, 0.15) is 48.2 Å². The van der Waals surface area contributed by atoms with Crippen LogP contribution in [-0.4, -0.2) is 33.3 Å². The van der Waals surface area contributed by atoms with Crippen molar-refractivity contribution in [3.05, 3.63) is 23.5 Å². The summed E-state index contributed by atoms with van der Waals surface area (Å²) in [5.41, 5.74) is 1.60. The highest BCUT2D eigenvalue weighted by molar-refractivity contribution is 5.97. The minimum Gasteiger partial charge on any atom is -0.391 e. The minimum absolute atomic E-state index is 0.181. The van der Waals surface area contributed by atoms with Crippen LogP contribution in [0.25, 0.3) is 11.1 Å². The molecule has 6 nitrogen and oxygen atoms in total. The number of aliphatic hydroxyl groups excluding tert-OH is 1. The molecule has 1 aliphatic rings. The molecule has 0 aromatic carbocycles. The summed E-state index contributed by atoms with van der Waals surface area (Å²) in [7, 11) is 0. The predicted molar refractivity (Wildman–Crippen MR) is 76.9 cm³/mol. The maximum absolute atomic E-state index is 12.3. The highest BCUT2D eigenvalue weighted by Crippen LogP contribution is 2.20. The Hall–Kier alpha value is -1.95. The van der Waals surface area contributed by atoms with Crippen LogP contribution >= 0.6 is 0 Å². The van der Waals surface area contributed by atoms with Crippen molar-refractivity contribution in [1.29, 1.82) is 0 Å². The van der Waals surface area contributed by atoms with Crippen LogP contribution in [0.5, 0.6) is 0 Å². The summed E-state index contributed by atoms with van der Waals surface area (Å²) < 4.78 is 5.03. The molecule has 0 spiro atoms. The minimum atomic E-state index is -0.467. The fourth-order valence-corrected chi connectivity index (χ4v) is 2.78. The lowest BCUT2D eigenvalue weighted by atomic mass is 10.1. The van der Waals surface area contributed by atoms with Crippen molar-refractivity contribution >= 4 is 17.0 Å². The van der Waals surface area contributed by atoms with E-state index in [0.717, 1.165) is 37.5 Å². The third-order valence-corrected chi connectivity index (χ3v) is 4.07. The number of aryl methyl sites for hydroxylation is 1. The second-order valence-electron chi connectivity index (χ2n) is 5.63. The lowest BCUT2D eigenvalue weighted by Crippen LogP contribution is -2.42. The second kappa shape index (κ2) is 5.81. The van der Waals surface area contributed by atoms with E-state index < -0.39 is 6.10 Å². The van der Waals surface area contributed by atoms with Crippen LogP contribution < -0.4 is 5.32 Å². The zero-order chi connectivity index (χ0) is 14.8. The van der Waals surface area contributed by atoms with Gasteiger partial charge in [0.15, 0.2) is 0 Å². The van der Waals surface area contributed by atoms with E-state index in [1.165, 1.54) is 6.20 Å². The molecule has 0 radical (unpaired) electrons. The maximum Gasteiger partial charge on any atom is 0.257 e. The summed E-state index contributed by atoms with van der Waals surface area (Å²) in [5, 5.41) is 17.6. The van der Waals surface area contributed by atoms with Crippen molar-refractivity contribution in [1.82, 2.24) is 15.5 Å². The van der Waals surface area contributed by atoms with Gasteiger partial charge in [-0.1, -0.05) is 24.4 Å². The molecule has 1 aliphatic carbocycles. The van der Waals surface area contributed by atoms with Gasteiger partial charge in [-0.2, -0.15) is 0 Å². The van der Waals surface area contributed by atoms with Gasteiger partial charge in [0.1, 0.15) is 0 Å². The molecule has 21 heavy (non-hydrogen) atoms. The van der Waals surface area contributed by atoms with Crippen LogP contribution in [-0.2, 0) is 0 Å². The van der Waals surface area contributed by atoms with Gasteiger partial charge in [-0.15, -0.1) is 0 Å². The topological polar surface area (TPSA) is 88.2 Å². The fraction of sp³-hybridized carbons (Fsp3) is 0.533. The van der Waals surface area contributed by atoms with Gasteiger partial charge in [0.05, 0.1) is 28.8 Å². The molecule has 2 aromatic heterocycles. The third kappa shape index (κ3) is 2.90. The van der Waals surface area contributed by atoms with E-state index >= 15 is 0 Å². The molecule has 0 saturated heterocycles. The van der Waals surface area contributed by atoms with Gasteiger partial charge < -0.3 is 14.9 Å². The van der Waals surface area contributed by atoms with Gasteiger partial charge in [-0.25, -0.2) is 4.98 Å². The Balaban J connectivity index is 1.78.